The van der Waals surface area contributed by atoms with Gasteiger partial charge in [0, 0.05) is 13.1 Å². The van der Waals surface area contributed by atoms with Crippen LogP contribution in [0.5, 0.6) is 0 Å². The molecule has 8 heteroatoms. The van der Waals surface area contributed by atoms with Gasteiger partial charge in [0.2, 0.25) is 17.7 Å². The summed E-state index contributed by atoms with van der Waals surface area (Å²) < 4.78 is 6.47. The van der Waals surface area contributed by atoms with Crippen LogP contribution in [0.15, 0.2) is 30.3 Å². The van der Waals surface area contributed by atoms with Crippen LogP contribution in [0, 0.1) is 17.8 Å². The Balaban J connectivity index is 1.60. The zero-order valence-electron chi connectivity index (χ0n) is 21.7. The van der Waals surface area contributed by atoms with Gasteiger partial charge in [-0.15, -0.1) is 0 Å². The largest absolute Gasteiger partial charge is 0.394 e. The number of aliphatic hydroxyl groups is 1. The normalized spacial score (nSPS) is 29.5. The van der Waals surface area contributed by atoms with Crippen LogP contribution in [-0.4, -0.2) is 64.7 Å². The molecule has 0 radical (unpaired) electrons. The summed E-state index contributed by atoms with van der Waals surface area (Å²) >= 11 is 0. The summed E-state index contributed by atoms with van der Waals surface area (Å²) in [5, 5.41) is 16.3. The van der Waals surface area contributed by atoms with E-state index in [1.165, 1.54) is 0 Å². The molecule has 4 rings (SSSR count). The molecule has 3 N–H and O–H groups in total. The van der Waals surface area contributed by atoms with Gasteiger partial charge < -0.3 is 25.4 Å². The van der Waals surface area contributed by atoms with Gasteiger partial charge in [0.15, 0.2) is 0 Å². The summed E-state index contributed by atoms with van der Waals surface area (Å²) in [4.78, 5) is 42.6. The van der Waals surface area contributed by atoms with Crippen LogP contribution in [0.4, 0.5) is 0 Å². The number of rotatable bonds is 12. The van der Waals surface area contributed by atoms with Gasteiger partial charge in [-0.25, -0.2) is 0 Å². The lowest BCUT2D eigenvalue weighted by molar-refractivity contribution is -0.146. The lowest BCUT2D eigenvalue weighted by Crippen LogP contribution is -2.58. The molecule has 3 fully saturated rings. The number of amides is 3. The number of aliphatic hydroxyl groups excluding tert-OH is 1. The number of benzene rings is 1. The fourth-order valence-electron chi connectivity index (χ4n) is 6.49. The van der Waals surface area contributed by atoms with E-state index in [1.807, 2.05) is 44.2 Å². The Labute approximate surface area is 214 Å². The molecule has 0 aromatic heterocycles. The molecule has 36 heavy (non-hydrogen) atoms. The van der Waals surface area contributed by atoms with Gasteiger partial charge in [-0.05, 0) is 37.2 Å². The molecular formula is C28H41N3O5. The molecule has 0 aliphatic carbocycles. The van der Waals surface area contributed by atoms with Crippen molar-refractivity contribution >= 4 is 17.7 Å². The molecule has 1 aromatic rings. The number of unbranched alkanes of at least 4 members (excludes halogenated alkanes) is 2. The van der Waals surface area contributed by atoms with Gasteiger partial charge in [-0.3, -0.25) is 14.4 Å². The molecule has 3 amide bonds. The number of nitrogens with one attached hydrogen (secondary N) is 2. The van der Waals surface area contributed by atoms with E-state index in [0.717, 1.165) is 24.8 Å². The fraction of sp³-hybridized carbons (Fsp3) is 0.679. The Morgan fingerprint density at radius 1 is 1.17 bits per heavy atom. The van der Waals surface area contributed by atoms with Crippen LogP contribution >= 0.6 is 0 Å². The quantitative estimate of drug-likeness (QED) is 0.383. The summed E-state index contributed by atoms with van der Waals surface area (Å²) in [7, 11) is 0. The highest BCUT2D eigenvalue weighted by Crippen LogP contribution is 2.58. The smallest absolute Gasteiger partial charge is 0.245 e. The Morgan fingerprint density at radius 3 is 2.58 bits per heavy atom. The van der Waals surface area contributed by atoms with Crippen molar-refractivity contribution in [2.75, 3.05) is 13.2 Å². The third kappa shape index (κ3) is 4.90. The maximum absolute atomic E-state index is 14.0. The first-order chi connectivity index (χ1) is 17.3. The lowest BCUT2D eigenvalue weighted by Gasteiger charge is -2.37. The number of hydrogen-bond donors (Lipinski definition) is 3. The number of nitrogens with zero attached hydrogens (tertiary/aromatic N) is 1. The molecule has 3 saturated heterocycles. The van der Waals surface area contributed by atoms with Crippen molar-refractivity contribution in [3.05, 3.63) is 35.9 Å². The van der Waals surface area contributed by atoms with Crippen LogP contribution < -0.4 is 10.6 Å². The van der Waals surface area contributed by atoms with Crippen molar-refractivity contribution < 1.29 is 24.2 Å². The molecule has 3 aliphatic heterocycles. The van der Waals surface area contributed by atoms with Crippen LogP contribution in [0.2, 0.25) is 0 Å². The summed E-state index contributed by atoms with van der Waals surface area (Å²) in [6.07, 6.45) is 4.29. The predicted molar refractivity (Wildman–Crippen MR) is 136 cm³/mol. The van der Waals surface area contributed by atoms with Gasteiger partial charge in [0.25, 0.3) is 0 Å². The molecule has 6 atom stereocenters. The monoisotopic (exact) mass is 499 g/mol. The van der Waals surface area contributed by atoms with Crippen molar-refractivity contribution in [1.82, 2.24) is 15.5 Å². The molecule has 2 bridgehead atoms. The standard InChI is InChI=1S/C28H41N3O5/c1-4-5-9-14-29-26(34)24-28-13-12-21(36-28)22(25(33)30-16-19-10-7-6-8-11-19)23(28)27(35)31(24)20(17-32)15-18(2)3/h6-8,10-11,18,20-24,32H,4-5,9,12-17H2,1-3H3,(H,29,34)(H,30,33)/t20-,21+,22-,23+,24?,28?/m1/s1. The van der Waals surface area contributed by atoms with Crippen molar-refractivity contribution in [1.29, 1.82) is 0 Å². The molecule has 3 aliphatic rings. The first-order valence-corrected chi connectivity index (χ1v) is 13.5. The van der Waals surface area contributed by atoms with Crippen molar-refractivity contribution in [3.63, 3.8) is 0 Å². The average molecular weight is 500 g/mol. The highest BCUT2D eigenvalue weighted by Gasteiger charge is 2.75. The topological polar surface area (TPSA) is 108 Å². The Kier molecular flexibility index (Phi) is 8.35. The molecule has 0 saturated carbocycles. The molecule has 1 aromatic carbocycles. The highest BCUT2D eigenvalue weighted by molar-refractivity contribution is 5.99. The number of ether oxygens (including phenoxy) is 1. The number of carbonyl (C=O) groups is 3. The maximum atomic E-state index is 14.0. The van der Waals surface area contributed by atoms with E-state index in [-0.39, 0.29) is 36.4 Å². The van der Waals surface area contributed by atoms with Crippen LogP contribution in [-0.2, 0) is 25.7 Å². The number of likely N-dealkylation sites (tertiary alicyclic amines) is 1. The minimum atomic E-state index is -1.03. The van der Waals surface area contributed by atoms with Crippen LogP contribution in [0.25, 0.3) is 0 Å². The third-order valence-corrected chi connectivity index (χ3v) is 8.03. The summed E-state index contributed by atoms with van der Waals surface area (Å²) in [5.41, 5.74) is -0.0546. The van der Waals surface area contributed by atoms with Crippen LogP contribution in [0.3, 0.4) is 0 Å². The average Bonchev–Trinajstić information content (AvgIpc) is 3.51. The van der Waals surface area contributed by atoms with Crippen molar-refractivity contribution in [2.45, 2.75) is 89.6 Å². The number of hydrogen-bond acceptors (Lipinski definition) is 5. The minimum Gasteiger partial charge on any atom is -0.394 e. The van der Waals surface area contributed by atoms with Gasteiger partial charge in [0.1, 0.15) is 11.6 Å². The van der Waals surface area contributed by atoms with E-state index < -0.39 is 29.5 Å². The third-order valence-electron chi connectivity index (χ3n) is 8.03. The molecule has 1 spiro atoms. The van der Waals surface area contributed by atoms with E-state index in [0.29, 0.717) is 32.4 Å². The van der Waals surface area contributed by atoms with E-state index in [2.05, 4.69) is 17.6 Å². The van der Waals surface area contributed by atoms with E-state index in [1.54, 1.807) is 4.90 Å². The first-order valence-electron chi connectivity index (χ1n) is 13.5. The van der Waals surface area contributed by atoms with Gasteiger partial charge in [-0.1, -0.05) is 63.9 Å². The Bertz CT molecular complexity index is 938. The van der Waals surface area contributed by atoms with Gasteiger partial charge in [0.05, 0.1) is 30.6 Å². The molecule has 8 nitrogen and oxygen atoms in total. The number of carbonyl (C=O) groups excluding carboxylic acids is 3. The summed E-state index contributed by atoms with van der Waals surface area (Å²) in [5.74, 6) is -1.84. The van der Waals surface area contributed by atoms with E-state index in [4.69, 9.17) is 4.74 Å². The molecule has 198 valence electrons. The summed E-state index contributed by atoms with van der Waals surface area (Å²) in [6.45, 7) is 6.84. The van der Waals surface area contributed by atoms with Crippen LogP contribution in [0.1, 0.15) is 64.9 Å². The second-order valence-electron chi connectivity index (χ2n) is 11.0. The fourth-order valence-corrected chi connectivity index (χ4v) is 6.49. The van der Waals surface area contributed by atoms with Crippen molar-refractivity contribution in [3.8, 4) is 0 Å². The SMILES string of the molecule is CCCCCNC(=O)C1N([C@@H](CO)CC(C)C)C(=O)[C@@H]2[C@H](C(=O)NCc3ccccc3)[C@@H]3CCC12O3. The zero-order chi connectivity index (χ0) is 25.9. The van der Waals surface area contributed by atoms with Gasteiger partial charge in [-0.2, -0.15) is 0 Å². The van der Waals surface area contributed by atoms with Crippen molar-refractivity contribution in [2.24, 2.45) is 17.8 Å². The second-order valence-corrected chi connectivity index (χ2v) is 11.0. The minimum absolute atomic E-state index is 0.211. The zero-order valence-corrected chi connectivity index (χ0v) is 21.7. The first kappa shape index (κ1) is 26.6. The predicted octanol–water partition coefficient (Wildman–Crippen LogP) is 2.39. The molecule has 2 unspecified atom stereocenters. The second kappa shape index (κ2) is 11.3. The lowest BCUT2D eigenvalue weighted by atomic mass is 9.70. The molecular weight excluding hydrogens is 458 g/mol. The highest BCUT2D eigenvalue weighted by atomic mass is 16.5. The van der Waals surface area contributed by atoms with E-state index in [9.17, 15) is 19.5 Å². The summed E-state index contributed by atoms with van der Waals surface area (Å²) in [6, 6.07) is 8.30. The van der Waals surface area contributed by atoms with Gasteiger partial charge >= 0.3 is 0 Å². The number of fused-ring (bicyclic) bond motifs is 1. The molecule has 3 heterocycles. The Hall–Kier alpha value is -2.45. The van der Waals surface area contributed by atoms with E-state index >= 15 is 0 Å². The maximum Gasteiger partial charge on any atom is 0.245 e. The Morgan fingerprint density at radius 2 is 1.92 bits per heavy atom.